The van der Waals surface area contributed by atoms with Crippen LogP contribution in [0.2, 0.25) is 5.02 Å². The summed E-state index contributed by atoms with van der Waals surface area (Å²) in [6.07, 6.45) is 3.17. The number of methoxy groups -OCH3 is 1. The second-order valence-electron chi connectivity index (χ2n) is 8.84. The molecule has 0 saturated carbocycles. The molecular weight excluding hydrogens is 480 g/mol. The normalized spacial score (nSPS) is 15.9. The molecule has 36 heavy (non-hydrogen) atoms. The van der Waals surface area contributed by atoms with Crippen molar-refractivity contribution in [2.75, 3.05) is 12.0 Å². The number of aliphatic hydroxyl groups is 1. The van der Waals surface area contributed by atoms with E-state index in [9.17, 15) is 14.7 Å². The summed E-state index contributed by atoms with van der Waals surface area (Å²) >= 11 is 6.17. The molecule has 7 nitrogen and oxygen atoms in total. The summed E-state index contributed by atoms with van der Waals surface area (Å²) in [5.74, 6) is -1.30. The number of hydrogen-bond donors (Lipinski definition) is 1. The van der Waals surface area contributed by atoms with E-state index in [0.29, 0.717) is 38.9 Å². The Morgan fingerprint density at radius 2 is 1.92 bits per heavy atom. The van der Waals surface area contributed by atoms with Crippen molar-refractivity contribution in [2.45, 2.75) is 25.8 Å². The standard InChI is InChI=1S/C28H23ClN2O5/c1-15(2)16-6-8-20(9-7-16)31-24(17-5-4-10-30-14-17)23(26(33)28(31)34)25(32)21-12-18-11-19(29)13-22(35-3)27(18)36-21/h4-15,24,33H,1-3H3. The molecule has 1 atom stereocenters. The molecule has 182 valence electrons. The summed E-state index contributed by atoms with van der Waals surface area (Å²) < 4.78 is 11.2. The van der Waals surface area contributed by atoms with Crippen LogP contribution < -0.4 is 9.64 Å². The zero-order valence-electron chi connectivity index (χ0n) is 19.9. The molecule has 1 aliphatic heterocycles. The largest absolute Gasteiger partial charge is 0.503 e. The lowest BCUT2D eigenvalue weighted by Crippen LogP contribution is -2.31. The van der Waals surface area contributed by atoms with E-state index in [1.165, 1.54) is 18.1 Å². The van der Waals surface area contributed by atoms with Crippen molar-refractivity contribution in [3.63, 3.8) is 0 Å². The van der Waals surface area contributed by atoms with Crippen LogP contribution in [0.3, 0.4) is 0 Å². The molecule has 2 aromatic heterocycles. The van der Waals surface area contributed by atoms with Gasteiger partial charge >= 0.3 is 0 Å². The monoisotopic (exact) mass is 502 g/mol. The number of aliphatic hydroxyl groups excluding tert-OH is 1. The molecule has 0 saturated heterocycles. The van der Waals surface area contributed by atoms with Crippen LogP contribution in [0.5, 0.6) is 5.75 Å². The molecule has 0 fully saturated rings. The number of carbonyl (C=O) groups is 2. The molecule has 0 spiro atoms. The Hall–Kier alpha value is -4.10. The van der Waals surface area contributed by atoms with Crippen LogP contribution in [-0.2, 0) is 4.79 Å². The molecule has 4 aromatic rings. The van der Waals surface area contributed by atoms with Crippen molar-refractivity contribution in [1.82, 2.24) is 4.98 Å². The molecule has 0 bridgehead atoms. The highest BCUT2D eigenvalue weighted by molar-refractivity contribution is 6.31. The summed E-state index contributed by atoms with van der Waals surface area (Å²) in [7, 11) is 1.47. The number of amides is 1. The summed E-state index contributed by atoms with van der Waals surface area (Å²) in [4.78, 5) is 32.7. The van der Waals surface area contributed by atoms with Gasteiger partial charge in [0.25, 0.3) is 5.91 Å². The summed E-state index contributed by atoms with van der Waals surface area (Å²) in [5.41, 5.74) is 2.47. The number of nitrogens with zero attached hydrogens (tertiary/aromatic N) is 2. The van der Waals surface area contributed by atoms with Crippen molar-refractivity contribution in [3.05, 3.63) is 100 Å². The number of halogens is 1. The molecule has 1 N–H and O–H groups in total. The minimum atomic E-state index is -0.901. The van der Waals surface area contributed by atoms with Gasteiger partial charge in [-0.2, -0.15) is 0 Å². The van der Waals surface area contributed by atoms with Crippen molar-refractivity contribution in [1.29, 1.82) is 0 Å². The lowest BCUT2D eigenvalue weighted by atomic mass is 9.95. The number of benzene rings is 2. The van der Waals surface area contributed by atoms with Crippen LogP contribution in [0.1, 0.15) is 47.5 Å². The minimum Gasteiger partial charge on any atom is -0.503 e. The van der Waals surface area contributed by atoms with Crippen LogP contribution >= 0.6 is 11.6 Å². The molecule has 0 aliphatic carbocycles. The highest BCUT2D eigenvalue weighted by Gasteiger charge is 2.45. The van der Waals surface area contributed by atoms with Gasteiger partial charge in [0.15, 0.2) is 22.9 Å². The van der Waals surface area contributed by atoms with Crippen LogP contribution in [-0.4, -0.2) is 28.9 Å². The van der Waals surface area contributed by atoms with Gasteiger partial charge in [-0.25, -0.2) is 0 Å². The van der Waals surface area contributed by atoms with Crippen molar-refractivity contribution in [2.24, 2.45) is 0 Å². The molecule has 1 unspecified atom stereocenters. The SMILES string of the molecule is COc1cc(Cl)cc2cc(C(=O)C3=C(O)C(=O)N(c4ccc(C(C)C)cc4)C3c3cccnc3)oc12. The first kappa shape index (κ1) is 23.6. The molecule has 1 amide bonds. The Labute approximate surface area is 212 Å². The fourth-order valence-corrected chi connectivity index (χ4v) is 4.68. The lowest BCUT2D eigenvalue weighted by molar-refractivity contribution is -0.117. The van der Waals surface area contributed by atoms with Crippen LogP contribution in [0.25, 0.3) is 11.0 Å². The first-order valence-electron chi connectivity index (χ1n) is 11.4. The zero-order valence-corrected chi connectivity index (χ0v) is 20.6. The first-order valence-corrected chi connectivity index (χ1v) is 11.8. The molecular formula is C28H23ClN2O5. The van der Waals surface area contributed by atoms with Crippen molar-refractivity contribution in [3.8, 4) is 5.75 Å². The predicted octanol–water partition coefficient (Wildman–Crippen LogP) is 6.40. The maximum Gasteiger partial charge on any atom is 0.294 e. The van der Waals surface area contributed by atoms with Crippen molar-refractivity contribution < 1.29 is 23.8 Å². The Morgan fingerprint density at radius 1 is 1.17 bits per heavy atom. The van der Waals surface area contributed by atoms with Gasteiger partial charge in [0.05, 0.1) is 18.7 Å². The minimum absolute atomic E-state index is 0.0502. The average molecular weight is 503 g/mol. The molecule has 0 radical (unpaired) electrons. The third-order valence-corrected chi connectivity index (χ3v) is 6.50. The number of hydrogen-bond acceptors (Lipinski definition) is 6. The number of furan rings is 1. The number of rotatable bonds is 6. The van der Waals surface area contributed by atoms with E-state index in [1.54, 1.807) is 36.7 Å². The maximum atomic E-state index is 13.8. The number of aromatic nitrogens is 1. The molecule has 2 aromatic carbocycles. The van der Waals surface area contributed by atoms with Gasteiger partial charge in [-0.1, -0.05) is 43.6 Å². The maximum absolute atomic E-state index is 13.8. The van der Waals surface area contributed by atoms with Crippen LogP contribution in [0.4, 0.5) is 5.69 Å². The third kappa shape index (κ3) is 3.91. The van der Waals surface area contributed by atoms with Crippen molar-refractivity contribution >= 4 is 39.9 Å². The van der Waals surface area contributed by atoms with Gasteiger partial charge < -0.3 is 14.3 Å². The van der Waals surface area contributed by atoms with Gasteiger partial charge in [0.1, 0.15) is 0 Å². The van der Waals surface area contributed by atoms with Gasteiger partial charge in [-0.15, -0.1) is 0 Å². The van der Waals surface area contributed by atoms with E-state index in [1.807, 2.05) is 24.3 Å². The molecule has 8 heteroatoms. The van der Waals surface area contributed by atoms with Gasteiger partial charge in [0, 0.05) is 34.6 Å². The van der Waals surface area contributed by atoms with Gasteiger partial charge in [-0.3, -0.25) is 19.5 Å². The Morgan fingerprint density at radius 3 is 2.56 bits per heavy atom. The molecule has 3 heterocycles. The topological polar surface area (TPSA) is 92.9 Å². The van der Waals surface area contributed by atoms with E-state index in [0.717, 1.165) is 5.56 Å². The zero-order chi connectivity index (χ0) is 25.6. The van der Waals surface area contributed by atoms with E-state index >= 15 is 0 Å². The number of ether oxygens (including phenoxy) is 1. The van der Waals surface area contributed by atoms with Gasteiger partial charge in [0.2, 0.25) is 5.78 Å². The number of anilines is 1. The number of carbonyl (C=O) groups excluding carboxylic acids is 2. The second kappa shape index (κ2) is 9.17. The Kier molecular flexibility index (Phi) is 6.02. The van der Waals surface area contributed by atoms with Gasteiger partial charge in [-0.05, 0) is 47.4 Å². The number of fused-ring (bicyclic) bond motifs is 1. The van der Waals surface area contributed by atoms with Crippen LogP contribution in [0.15, 0.2) is 82.7 Å². The van der Waals surface area contributed by atoms with Crippen LogP contribution in [0, 0.1) is 0 Å². The summed E-state index contributed by atoms with van der Waals surface area (Å²) in [5, 5.41) is 12.0. The average Bonchev–Trinajstić information content (AvgIpc) is 3.42. The van der Waals surface area contributed by atoms with E-state index < -0.39 is 23.5 Å². The van der Waals surface area contributed by atoms with E-state index in [4.69, 9.17) is 20.8 Å². The summed E-state index contributed by atoms with van der Waals surface area (Å²) in [6.45, 7) is 4.16. The number of Topliss-reactive ketones (excluding diaryl/α,β-unsaturated/α-hetero) is 1. The fourth-order valence-electron chi connectivity index (χ4n) is 4.46. The lowest BCUT2D eigenvalue weighted by Gasteiger charge is -2.26. The smallest absolute Gasteiger partial charge is 0.294 e. The Balaban J connectivity index is 1.63. The highest BCUT2D eigenvalue weighted by atomic mass is 35.5. The molecule has 1 aliphatic rings. The van der Waals surface area contributed by atoms with E-state index in [-0.39, 0.29) is 11.3 Å². The Bertz CT molecular complexity index is 1510. The first-order chi connectivity index (χ1) is 17.3. The predicted molar refractivity (Wildman–Crippen MR) is 137 cm³/mol. The number of pyridine rings is 1. The quantitative estimate of drug-likeness (QED) is 0.307. The summed E-state index contributed by atoms with van der Waals surface area (Å²) in [6, 6.07) is 14.8. The van der Waals surface area contributed by atoms with E-state index in [2.05, 4.69) is 18.8 Å². The molecule has 5 rings (SSSR count). The highest BCUT2D eigenvalue weighted by Crippen LogP contribution is 2.43. The second-order valence-corrected chi connectivity index (χ2v) is 9.28. The third-order valence-electron chi connectivity index (χ3n) is 6.28. The fraction of sp³-hybridized carbons (Fsp3) is 0.179. The number of ketones is 1.